The Morgan fingerprint density at radius 1 is 1.35 bits per heavy atom. The third-order valence-corrected chi connectivity index (χ3v) is 3.31. The molecule has 0 amide bonds. The lowest BCUT2D eigenvalue weighted by atomic mass is 10.2. The van der Waals surface area contributed by atoms with Crippen LogP contribution in [0.1, 0.15) is 31.2 Å². The lowest BCUT2D eigenvalue weighted by Crippen LogP contribution is -2.37. The third kappa shape index (κ3) is 4.10. The van der Waals surface area contributed by atoms with E-state index in [1.54, 1.807) is 0 Å². The zero-order valence-corrected chi connectivity index (χ0v) is 10.9. The van der Waals surface area contributed by atoms with Gasteiger partial charge in [-0.3, -0.25) is 4.98 Å². The van der Waals surface area contributed by atoms with Gasteiger partial charge in [0.05, 0.1) is 5.69 Å². The van der Waals surface area contributed by atoms with Crippen molar-refractivity contribution < 1.29 is 0 Å². The Balaban J connectivity index is 1.73. The van der Waals surface area contributed by atoms with Crippen molar-refractivity contribution in [2.75, 3.05) is 19.6 Å². The molecular weight excluding hydrogens is 210 g/mol. The van der Waals surface area contributed by atoms with Gasteiger partial charge in [0.2, 0.25) is 0 Å². The smallest absolute Gasteiger partial charge is 0.0544 e. The molecule has 94 valence electrons. The minimum absolute atomic E-state index is 0.537. The molecule has 1 aromatic heterocycles. The normalized spacial score (nSPS) is 18.5. The molecule has 0 aromatic carbocycles. The summed E-state index contributed by atoms with van der Waals surface area (Å²) in [7, 11) is 0. The summed E-state index contributed by atoms with van der Waals surface area (Å²) in [6.07, 6.45) is 2.73. The monoisotopic (exact) mass is 233 g/mol. The zero-order chi connectivity index (χ0) is 12.1. The van der Waals surface area contributed by atoms with Gasteiger partial charge in [-0.15, -0.1) is 0 Å². The number of aryl methyl sites for hydroxylation is 1. The maximum atomic E-state index is 4.50. The van der Waals surface area contributed by atoms with E-state index in [0.29, 0.717) is 6.04 Å². The second-order valence-corrected chi connectivity index (χ2v) is 5.06. The highest BCUT2D eigenvalue weighted by atomic mass is 15.2. The molecule has 2 rings (SSSR count). The van der Waals surface area contributed by atoms with Crippen molar-refractivity contribution in [2.24, 2.45) is 0 Å². The molecule has 17 heavy (non-hydrogen) atoms. The molecule has 0 spiro atoms. The van der Waals surface area contributed by atoms with Crippen LogP contribution in [0.25, 0.3) is 0 Å². The Bertz CT molecular complexity index is 345. The summed E-state index contributed by atoms with van der Waals surface area (Å²) in [5, 5.41) is 3.55. The molecule has 1 saturated heterocycles. The van der Waals surface area contributed by atoms with Crippen molar-refractivity contribution in [2.45, 2.75) is 39.3 Å². The summed E-state index contributed by atoms with van der Waals surface area (Å²) < 4.78 is 0. The van der Waals surface area contributed by atoms with Crippen LogP contribution in [0.5, 0.6) is 0 Å². The van der Waals surface area contributed by atoms with Crippen molar-refractivity contribution in [3.8, 4) is 0 Å². The second kappa shape index (κ2) is 6.12. The Morgan fingerprint density at radius 2 is 2.12 bits per heavy atom. The summed E-state index contributed by atoms with van der Waals surface area (Å²) >= 11 is 0. The van der Waals surface area contributed by atoms with Gasteiger partial charge in [0, 0.05) is 24.8 Å². The molecule has 1 fully saturated rings. The Morgan fingerprint density at radius 3 is 2.82 bits per heavy atom. The van der Waals surface area contributed by atoms with Crippen LogP contribution in [-0.4, -0.2) is 35.6 Å². The molecular formula is C14H23N3. The number of hydrogen-bond donors (Lipinski definition) is 1. The average Bonchev–Trinajstić information content (AvgIpc) is 2.79. The fourth-order valence-corrected chi connectivity index (χ4v) is 2.39. The van der Waals surface area contributed by atoms with Gasteiger partial charge in [-0.2, -0.15) is 0 Å². The van der Waals surface area contributed by atoms with Crippen LogP contribution in [0, 0.1) is 6.92 Å². The number of pyridine rings is 1. The average molecular weight is 233 g/mol. The van der Waals surface area contributed by atoms with E-state index in [1.165, 1.54) is 25.9 Å². The molecule has 0 aliphatic carbocycles. The summed E-state index contributed by atoms with van der Waals surface area (Å²) in [5.41, 5.74) is 2.23. The van der Waals surface area contributed by atoms with Crippen molar-refractivity contribution >= 4 is 0 Å². The van der Waals surface area contributed by atoms with Gasteiger partial charge in [0.1, 0.15) is 0 Å². The van der Waals surface area contributed by atoms with Gasteiger partial charge in [0.25, 0.3) is 0 Å². The predicted molar refractivity (Wildman–Crippen MR) is 70.9 cm³/mol. The first-order valence-electron chi connectivity index (χ1n) is 6.62. The maximum Gasteiger partial charge on any atom is 0.0544 e. The molecule has 1 unspecified atom stereocenters. The fraction of sp³-hybridized carbons (Fsp3) is 0.643. The first kappa shape index (κ1) is 12.5. The minimum atomic E-state index is 0.537. The van der Waals surface area contributed by atoms with E-state index in [1.807, 2.05) is 13.0 Å². The standard InChI is InChI=1S/C14H23N3/c1-12-6-5-7-14(16-12)10-15-13(2)11-17-8-3-4-9-17/h5-7,13,15H,3-4,8-11H2,1-2H3. The summed E-state index contributed by atoms with van der Waals surface area (Å²) in [4.78, 5) is 7.04. The predicted octanol–water partition coefficient (Wildman–Crippen LogP) is 1.96. The zero-order valence-electron chi connectivity index (χ0n) is 10.9. The molecule has 1 aliphatic heterocycles. The first-order chi connectivity index (χ1) is 8.24. The van der Waals surface area contributed by atoms with Crippen molar-refractivity contribution in [1.82, 2.24) is 15.2 Å². The second-order valence-electron chi connectivity index (χ2n) is 5.06. The summed E-state index contributed by atoms with van der Waals surface area (Å²) in [6.45, 7) is 8.87. The van der Waals surface area contributed by atoms with Gasteiger partial charge < -0.3 is 10.2 Å². The van der Waals surface area contributed by atoms with Gasteiger partial charge in [-0.05, 0) is 51.9 Å². The van der Waals surface area contributed by atoms with Crippen molar-refractivity contribution in [3.05, 3.63) is 29.6 Å². The van der Waals surface area contributed by atoms with E-state index in [0.717, 1.165) is 24.5 Å². The Hall–Kier alpha value is -0.930. The van der Waals surface area contributed by atoms with Gasteiger partial charge in [-0.1, -0.05) is 6.07 Å². The van der Waals surface area contributed by atoms with E-state index in [4.69, 9.17) is 0 Å². The number of nitrogens with one attached hydrogen (secondary N) is 1. The fourth-order valence-electron chi connectivity index (χ4n) is 2.39. The van der Waals surface area contributed by atoms with Crippen LogP contribution >= 0.6 is 0 Å². The number of likely N-dealkylation sites (tertiary alicyclic amines) is 1. The van der Waals surface area contributed by atoms with Crippen LogP contribution in [-0.2, 0) is 6.54 Å². The van der Waals surface area contributed by atoms with Crippen LogP contribution in [0.3, 0.4) is 0 Å². The number of nitrogens with zero attached hydrogens (tertiary/aromatic N) is 2. The van der Waals surface area contributed by atoms with Gasteiger partial charge >= 0.3 is 0 Å². The third-order valence-electron chi connectivity index (χ3n) is 3.31. The van der Waals surface area contributed by atoms with Crippen molar-refractivity contribution in [3.63, 3.8) is 0 Å². The highest BCUT2D eigenvalue weighted by molar-refractivity contribution is 5.09. The van der Waals surface area contributed by atoms with E-state index < -0.39 is 0 Å². The van der Waals surface area contributed by atoms with Crippen LogP contribution in [0.15, 0.2) is 18.2 Å². The largest absolute Gasteiger partial charge is 0.307 e. The molecule has 1 N–H and O–H groups in total. The van der Waals surface area contributed by atoms with E-state index in [-0.39, 0.29) is 0 Å². The van der Waals surface area contributed by atoms with Gasteiger partial charge in [-0.25, -0.2) is 0 Å². The number of rotatable bonds is 5. The highest BCUT2D eigenvalue weighted by Crippen LogP contribution is 2.07. The van der Waals surface area contributed by atoms with Crippen LogP contribution < -0.4 is 5.32 Å². The van der Waals surface area contributed by atoms with E-state index in [2.05, 4.69) is 34.3 Å². The SMILES string of the molecule is Cc1cccc(CNC(C)CN2CCCC2)n1. The summed E-state index contributed by atoms with van der Waals surface area (Å²) in [5.74, 6) is 0. The quantitative estimate of drug-likeness (QED) is 0.842. The maximum absolute atomic E-state index is 4.50. The Labute approximate surface area is 104 Å². The molecule has 0 saturated carbocycles. The molecule has 0 radical (unpaired) electrons. The molecule has 1 aromatic rings. The molecule has 1 atom stereocenters. The summed E-state index contributed by atoms with van der Waals surface area (Å²) in [6, 6.07) is 6.74. The topological polar surface area (TPSA) is 28.2 Å². The van der Waals surface area contributed by atoms with Gasteiger partial charge in [0.15, 0.2) is 0 Å². The Kier molecular flexibility index (Phi) is 4.51. The molecule has 3 nitrogen and oxygen atoms in total. The molecule has 1 aliphatic rings. The molecule has 2 heterocycles. The van der Waals surface area contributed by atoms with Crippen LogP contribution in [0.2, 0.25) is 0 Å². The minimum Gasteiger partial charge on any atom is -0.307 e. The lowest BCUT2D eigenvalue weighted by molar-refractivity contribution is 0.298. The van der Waals surface area contributed by atoms with E-state index >= 15 is 0 Å². The number of hydrogen-bond acceptors (Lipinski definition) is 3. The highest BCUT2D eigenvalue weighted by Gasteiger charge is 2.14. The first-order valence-corrected chi connectivity index (χ1v) is 6.62. The molecule has 3 heteroatoms. The van der Waals surface area contributed by atoms with E-state index in [9.17, 15) is 0 Å². The van der Waals surface area contributed by atoms with Crippen LogP contribution in [0.4, 0.5) is 0 Å². The molecule has 0 bridgehead atoms. The number of aromatic nitrogens is 1. The lowest BCUT2D eigenvalue weighted by Gasteiger charge is -2.21. The van der Waals surface area contributed by atoms with Crippen molar-refractivity contribution in [1.29, 1.82) is 0 Å².